The molecule has 2 aromatic rings. The molecule has 0 saturated carbocycles. The first kappa shape index (κ1) is 12.0. The average molecular weight is 267 g/mol. The van der Waals surface area contributed by atoms with Gasteiger partial charge in [-0.3, -0.25) is 0 Å². The highest BCUT2D eigenvalue weighted by atomic mass is 32.1. The van der Waals surface area contributed by atoms with E-state index in [0.717, 1.165) is 41.8 Å². The van der Waals surface area contributed by atoms with Gasteiger partial charge in [0.25, 0.3) is 0 Å². The van der Waals surface area contributed by atoms with Crippen LogP contribution in [0.15, 0.2) is 0 Å². The Labute approximate surface area is 109 Å². The molecule has 0 bridgehead atoms. The van der Waals surface area contributed by atoms with E-state index in [2.05, 4.69) is 22.2 Å². The highest BCUT2D eigenvalue weighted by molar-refractivity contribution is 7.16. The van der Waals surface area contributed by atoms with Crippen LogP contribution >= 0.6 is 11.3 Å². The molecule has 98 valence electrons. The van der Waals surface area contributed by atoms with E-state index in [0.29, 0.717) is 12.5 Å². The molecule has 18 heavy (non-hydrogen) atoms. The van der Waals surface area contributed by atoms with Gasteiger partial charge in [0.15, 0.2) is 5.82 Å². The molecule has 1 fully saturated rings. The molecule has 3 rings (SSSR count). The Morgan fingerprint density at radius 2 is 2.22 bits per heavy atom. The molecular weight excluding hydrogens is 250 g/mol. The van der Waals surface area contributed by atoms with E-state index in [4.69, 9.17) is 10.5 Å². The summed E-state index contributed by atoms with van der Waals surface area (Å²) in [7, 11) is 0. The van der Waals surface area contributed by atoms with Gasteiger partial charge in [0.2, 0.25) is 4.96 Å². The summed E-state index contributed by atoms with van der Waals surface area (Å²) in [5.41, 5.74) is 5.68. The first-order chi connectivity index (χ1) is 8.79. The van der Waals surface area contributed by atoms with Crippen molar-refractivity contribution in [2.45, 2.75) is 31.6 Å². The Morgan fingerprint density at radius 1 is 1.44 bits per heavy atom. The molecule has 1 aliphatic heterocycles. The van der Waals surface area contributed by atoms with Crippen LogP contribution in [0.4, 0.5) is 0 Å². The van der Waals surface area contributed by atoms with E-state index < -0.39 is 0 Å². The van der Waals surface area contributed by atoms with Crippen LogP contribution in [0.3, 0.4) is 0 Å². The lowest BCUT2D eigenvalue weighted by Gasteiger charge is -2.19. The van der Waals surface area contributed by atoms with Gasteiger partial charge in [-0.2, -0.15) is 9.61 Å². The van der Waals surface area contributed by atoms with Crippen LogP contribution in [-0.4, -0.2) is 39.6 Å². The van der Waals surface area contributed by atoms with Crippen molar-refractivity contribution in [1.29, 1.82) is 0 Å². The third-order valence-electron chi connectivity index (χ3n) is 3.39. The van der Waals surface area contributed by atoms with E-state index in [1.807, 2.05) is 4.52 Å². The molecule has 1 unspecified atom stereocenters. The number of hydrogen-bond acceptors (Lipinski definition) is 6. The Bertz CT molecular complexity index is 531. The summed E-state index contributed by atoms with van der Waals surface area (Å²) in [6.45, 7) is 4.29. The minimum atomic E-state index is 0.277. The second kappa shape index (κ2) is 4.91. The standard InChI is InChI=1S/C11H17N5OS/c1-7(6-12)10-15-16-9(13-14-11(16)18-10)8-2-4-17-5-3-8/h7-8H,2-6,12H2,1H3. The van der Waals surface area contributed by atoms with Crippen molar-refractivity contribution in [2.75, 3.05) is 19.8 Å². The molecule has 3 heterocycles. The van der Waals surface area contributed by atoms with E-state index >= 15 is 0 Å². The van der Waals surface area contributed by atoms with Crippen LogP contribution in [0.25, 0.3) is 4.96 Å². The Kier molecular flexibility index (Phi) is 3.27. The maximum absolute atomic E-state index is 5.68. The third kappa shape index (κ3) is 2.02. The Morgan fingerprint density at radius 3 is 2.94 bits per heavy atom. The first-order valence-corrected chi connectivity index (χ1v) is 7.11. The lowest BCUT2D eigenvalue weighted by atomic mass is 10.00. The smallest absolute Gasteiger partial charge is 0.234 e. The van der Waals surface area contributed by atoms with Gasteiger partial charge in [-0.1, -0.05) is 18.3 Å². The monoisotopic (exact) mass is 267 g/mol. The normalized spacial score (nSPS) is 19.4. The molecule has 6 nitrogen and oxygen atoms in total. The van der Waals surface area contributed by atoms with Gasteiger partial charge in [0.05, 0.1) is 0 Å². The van der Waals surface area contributed by atoms with Crippen LogP contribution in [0.2, 0.25) is 0 Å². The zero-order valence-corrected chi connectivity index (χ0v) is 11.2. The van der Waals surface area contributed by atoms with Crippen molar-refractivity contribution >= 4 is 16.3 Å². The molecule has 1 atom stereocenters. The van der Waals surface area contributed by atoms with Crippen LogP contribution in [0.5, 0.6) is 0 Å². The topological polar surface area (TPSA) is 78.3 Å². The van der Waals surface area contributed by atoms with Gasteiger partial charge in [-0.15, -0.1) is 10.2 Å². The minimum Gasteiger partial charge on any atom is -0.381 e. The average Bonchev–Trinajstić information content (AvgIpc) is 2.98. The van der Waals surface area contributed by atoms with Crippen molar-refractivity contribution in [3.63, 3.8) is 0 Å². The number of hydrogen-bond donors (Lipinski definition) is 1. The third-order valence-corrected chi connectivity index (χ3v) is 4.52. The molecule has 2 aromatic heterocycles. The van der Waals surface area contributed by atoms with Gasteiger partial charge in [0.1, 0.15) is 5.01 Å². The fraction of sp³-hybridized carbons (Fsp3) is 0.727. The summed E-state index contributed by atoms with van der Waals surface area (Å²) in [5.74, 6) is 1.66. The van der Waals surface area contributed by atoms with Crippen LogP contribution < -0.4 is 5.73 Å². The zero-order chi connectivity index (χ0) is 12.5. The lowest BCUT2D eigenvalue weighted by Crippen LogP contribution is -2.17. The number of rotatable bonds is 3. The number of ether oxygens (including phenoxy) is 1. The number of fused-ring (bicyclic) bond motifs is 1. The molecule has 0 amide bonds. The predicted molar refractivity (Wildman–Crippen MR) is 68.9 cm³/mol. The molecule has 2 N–H and O–H groups in total. The molecule has 1 aliphatic rings. The van der Waals surface area contributed by atoms with Crippen molar-refractivity contribution in [3.8, 4) is 0 Å². The summed E-state index contributed by atoms with van der Waals surface area (Å²) >= 11 is 1.58. The van der Waals surface area contributed by atoms with E-state index in [1.54, 1.807) is 11.3 Å². The zero-order valence-electron chi connectivity index (χ0n) is 10.4. The molecule has 1 saturated heterocycles. The predicted octanol–water partition coefficient (Wildman–Crippen LogP) is 1.14. The Balaban J connectivity index is 1.94. The van der Waals surface area contributed by atoms with Gasteiger partial charge in [0, 0.05) is 31.6 Å². The first-order valence-electron chi connectivity index (χ1n) is 6.29. The quantitative estimate of drug-likeness (QED) is 0.902. The summed E-state index contributed by atoms with van der Waals surface area (Å²) in [4.78, 5) is 0.867. The maximum Gasteiger partial charge on any atom is 0.234 e. The Hall–Kier alpha value is -1.05. The molecule has 7 heteroatoms. The molecule has 0 spiro atoms. The van der Waals surface area contributed by atoms with Crippen LogP contribution in [0.1, 0.15) is 42.4 Å². The number of nitrogens with two attached hydrogens (primary N) is 1. The van der Waals surface area contributed by atoms with Crippen molar-refractivity contribution in [3.05, 3.63) is 10.8 Å². The minimum absolute atomic E-state index is 0.277. The van der Waals surface area contributed by atoms with Crippen LogP contribution in [0, 0.1) is 0 Å². The fourth-order valence-corrected chi connectivity index (χ4v) is 3.07. The van der Waals surface area contributed by atoms with Crippen molar-refractivity contribution in [2.24, 2.45) is 5.73 Å². The van der Waals surface area contributed by atoms with Crippen molar-refractivity contribution < 1.29 is 4.74 Å². The summed E-state index contributed by atoms with van der Waals surface area (Å²) in [6, 6.07) is 0. The number of nitrogens with zero attached hydrogens (tertiary/aromatic N) is 4. The molecule has 0 aromatic carbocycles. The summed E-state index contributed by atoms with van der Waals surface area (Å²) in [5, 5.41) is 14.1. The molecule has 0 aliphatic carbocycles. The maximum atomic E-state index is 5.68. The lowest BCUT2D eigenvalue weighted by molar-refractivity contribution is 0.0831. The van der Waals surface area contributed by atoms with Gasteiger partial charge in [-0.25, -0.2) is 0 Å². The molecule has 0 radical (unpaired) electrons. The van der Waals surface area contributed by atoms with E-state index in [1.165, 1.54) is 0 Å². The summed E-state index contributed by atoms with van der Waals surface area (Å²) < 4.78 is 7.27. The largest absolute Gasteiger partial charge is 0.381 e. The summed E-state index contributed by atoms with van der Waals surface area (Å²) in [6.07, 6.45) is 2.00. The molecular formula is C11H17N5OS. The second-order valence-electron chi connectivity index (χ2n) is 4.72. The second-order valence-corrected chi connectivity index (χ2v) is 5.70. The van der Waals surface area contributed by atoms with Crippen molar-refractivity contribution in [1.82, 2.24) is 19.8 Å². The SMILES string of the molecule is CC(CN)c1nn2c(C3CCOCC3)nnc2s1. The number of aromatic nitrogens is 4. The fourth-order valence-electron chi connectivity index (χ4n) is 2.16. The highest BCUT2D eigenvalue weighted by Crippen LogP contribution is 2.28. The highest BCUT2D eigenvalue weighted by Gasteiger charge is 2.23. The van der Waals surface area contributed by atoms with Gasteiger partial charge < -0.3 is 10.5 Å². The van der Waals surface area contributed by atoms with Crippen LogP contribution in [-0.2, 0) is 4.74 Å². The van der Waals surface area contributed by atoms with Gasteiger partial charge >= 0.3 is 0 Å². The van der Waals surface area contributed by atoms with Gasteiger partial charge in [-0.05, 0) is 12.8 Å². The van der Waals surface area contributed by atoms with E-state index in [9.17, 15) is 0 Å². The van der Waals surface area contributed by atoms with E-state index in [-0.39, 0.29) is 5.92 Å².